The van der Waals surface area contributed by atoms with E-state index in [1.165, 1.54) is 18.2 Å². The van der Waals surface area contributed by atoms with Crippen LogP contribution in [0, 0.1) is 21.8 Å². The highest BCUT2D eigenvalue weighted by Crippen LogP contribution is 2.25. The van der Waals surface area contributed by atoms with Gasteiger partial charge in [-0.05, 0) is 24.1 Å². The minimum atomic E-state index is -0.908. The van der Waals surface area contributed by atoms with E-state index in [0.717, 1.165) is 6.07 Å². The molecule has 7 nitrogen and oxygen atoms in total. The number of carbonyl (C=O) groups excluding carboxylic acids is 2. The summed E-state index contributed by atoms with van der Waals surface area (Å²) in [6, 6.07) is 8.75. The number of halogens is 2. The van der Waals surface area contributed by atoms with Gasteiger partial charge in [-0.2, -0.15) is 0 Å². The normalized spacial score (nSPS) is 11.8. The largest absolute Gasteiger partial charge is 0.350 e. The van der Waals surface area contributed by atoms with Crippen LogP contribution in [-0.4, -0.2) is 22.8 Å². The second-order valence-electron chi connectivity index (χ2n) is 6.43. The first-order valence-corrected chi connectivity index (χ1v) is 8.84. The Labute approximate surface area is 166 Å². The molecule has 1 unspecified atom stereocenters. The van der Waals surface area contributed by atoms with Gasteiger partial charge >= 0.3 is 0 Å². The van der Waals surface area contributed by atoms with E-state index in [9.17, 15) is 24.1 Å². The molecule has 2 N–H and O–H groups in total. The molecule has 0 aliphatic carbocycles. The van der Waals surface area contributed by atoms with E-state index in [-0.39, 0.29) is 23.0 Å². The number of hydrogen-bond acceptors (Lipinski definition) is 4. The molecule has 28 heavy (non-hydrogen) atoms. The molecule has 1 atom stereocenters. The second kappa shape index (κ2) is 9.27. The Kier molecular flexibility index (Phi) is 7.06. The maximum absolute atomic E-state index is 13.7. The van der Waals surface area contributed by atoms with Gasteiger partial charge in [0.15, 0.2) is 0 Å². The maximum Gasteiger partial charge on any atom is 0.288 e. The summed E-state index contributed by atoms with van der Waals surface area (Å²) in [5.41, 5.74) is -0.0823. The number of carbonyl (C=O) groups is 2. The van der Waals surface area contributed by atoms with Gasteiger partial charge < -0.3 is 10.6 Å². The van der Waals surface area contributed by atoms with Crippen molar-refractivity contribution in [3.63, 3.8) is 0 Å². The summed E-state index contributed by atoms with van der Waals surface area (Å²) in [7, 11) is 0. The predicted octanol–water partition coefficient (Wildman–Crippen LogP) is 3.46. The average Bonchev–Trinajstić information content (AvgIpc) is 2.64. The third kappa shape index (κ3) is 5.26. The smallest absolute Gasteiger partial charge is 0.288 e. The van der Waals surface area contributed by atoms with Crippen molar-refractivity contribution < 1.29 is 18.9 Å². The van der Waals surface area contributed by atoms with Crippen LogP contribution in [0.5, 0.6) is 0 Å². The second-order valence-corrected chi connectivity index (χ2v) is 6.83. The zero-order chi connectivity index (χ0) is 20.8. The van der Waals surface area contributed by atoms with E-state index in [1.807, 2.05) is 0 Å². The molecule has 148 valence electrons. The Hall–Kier alpha value is -3.00. The Morgan fingerprint density at radius 2 is 1.89 bits per heavy atom. The summed E-state index contributed by atoms with van der Waals surface area (Å²) in [4.78, 5) is 35.2. The van der Waals surface area contributed by atoms with E-state index >= 15 is 0 Å². The quantitative estimate of drug-likeness (QED) is 0.542. The van der Waals surface area contributed by atoms with Crippen LogP contribution in [0.1, 0.15) is 29.8 Å². The van der Waals surface area contributed by atoms with Gasteiger partial charge in [0.25, 0.3) is 11.6 Å². The van der Waals surface area contributed by atoms with Crippen LogP contribution < -0.4 is 10.6 Å². The number of amides is 2. The highest BCUT2D eigenvalue weighted by molar-refractivity contribution is 6.32. The van der Waals surface area contributed by atoms with Gasteiger partial charge in [0.2, 0.25) is 5.91 Å². The number of benzene rings is 2. The summed E-state index contributed by atoms with van der Waals surface area (Å²) < 4.78 is 13.7. The lowest BCUT2D eigenvalue weighted by atomic mass is 10.0. The Morgan fingerprint density at radius 3 is 2.50 bits per heavy atom. The van der Waals surface area contributed by atoms with Crippen molar-refractivity contribution in [2.75, 3.05) is 0 Å². The third-order valence-corrected chi connectivity index (χ3v) is 4.37. The molecule has 0 saturated heterocycles. The Bertz CT molecular complexity index is 904. The van der Waals surface area contributed by atoms with Crippen molar-refractivity contribution in [3.8, 4) is 0 Å². The van der Waals surface area contributed by atoms with E-state index < -0.39 is 34.3 Å². The van der Waals surface area contributed by atoms with Crippen LogP contribution >= 0.6 is 11.6 Å². The summed E-state index contributed by atoms with van der Waals surface area (Å²) in [6.07, 6.45) is 0. The van der Waals surface area contributed by atoms with Crippen LogP contribution in [0.4, 0.5) is 10.1 Å². The number of nitrogens with zero attached hydrogens (tertiary/aromatic N) is 1. The molecular weight excluding hydrogens is 389 g/mol. The van der Waals surface area contributed by atoms with Crippen LogP contribution in [-0.2, 0) is 11.3 Å². The molecule has 2 amide bonds. The molecular formula is C19H19ClFN3O4. The fraction of sp³-hybridized carbons (Fsp3) is 0.263. The molecule has 0 saturated carbocycles. The molecule has 0 heterocycles. The van der Waals surface area contributed by atoms with Crippen molar-refractivity contribution >= 4 is 29.1 Å². The first-order chi connectivity index (χ1) is 13.2. The Balaban J connectivity index is 2.10. The van der Waals surface area contributed by atoms with Crippen LogP contribution in [0.15, 0.2) is 42.5 Å². The van der Waals surface area contributed by atoms with E-state index in [2.05, 4.69) is 10.6 Å². The fourth-order valence-corrected chi connectivity index (χ4v) is 2.67. The first-order valence-electron chi connectivity index (χ1n) is 8.46. The highest BCUT2D eigenvalue weighted by Gasteiger charge is 2.26. The molecule has 9 heteroatoms. The molecule has 0 radical (unpaired) electrons. The summed E-state index contributed by atoms with van der Waals surface area (Å²) in [5, 5.41) is 16.0. The molecule has 0 bridgehead atoms. The van der Waals surface area contributed by atoms with Crippen molar-refractivity contribution in [3.05, 3.63) is 74.5 Å². The van der Waals surface area contributed by atoms with E-state index in [4.69, 9.17) is 11.6 Å². The SMILES string of the molecule is CC(C)C(NC(=O)c1ccc(Cl)c([N+](=O)[O-])c1)C(=O)NCc1ccccc1F. The predicted molar refractivity (Wildman–Crippen MR) is 102 cm³/mol. The molecule has 0 fully saturated rings. The lowest BCUT2D eigenvalue weighted by Crippen LogP contribution is -2.49. The number of nitro groups is 1. The maximum atomic E-state index is 13.7. The topological polar surface area (TPSA) is 101 Å². The summed E-state index contributed by atoms with van der Waals surface area (Å²) in [6.45, 7) is 3.44. The first kappa shape index (κ1) is 21.3. The average molecular weight is 408 g/mol. The minimum absolute atomic E-state index is 0.00338. The number of nitro benzene ring substituents is 1. The molecule has 0 spiro atoms. The van der Waals surface area contributed by atoms with Crippen molar-refractivity contribution in [1.82, 2.24) is 10.6 Å². The van der Waals surface area contributed by atoms with Crippen LogP contribution in [0.2, 0.25) is 5.02 Å². The molecule has 0 aliphatic rings. The molecule has 0 aromatic heterocycles. The lowest BCUT2D eigenvalue weighted by Gasteiger charge is -2.22. The zero-order valence-corrected chi connectivity index (χ0v) is 16.0. The van der Waals surface area contributed by atoms with Gasteiger partial charge in [-0.1, -0.05) is 43.6 Å². The molecule has 2 aromatic rings. The van der Waals surface area contributed by atoms with E-state index in [0.29, 0.717) is 5.56 Å². The highest BCUT2D eigenvalue weighted by atomic mass is 35.5. The summed E-state index contributed by atoms with van der Waals surface area (Å²) in [5.74, 6) is -1.86. The van der Waals surface area contributed by atoms with Crippen molar-refractivity contribution in [2.24, 2.45) is 5.92 Å². The van der Waals surface area contributed by atoms with Gasteiger partial charge in [0, 0.05) is 23.7 Å². The van der Waals surface area contributed by atoms with Gasteiger partial charge in [-0.15, -0.1) is 0 Å². The lowest BCUT2D eigenvalue weighted by molar-refractivity contribution is -0.384. The number of rotatable bonds is 7. The fourth-order valence-electron chi connectivity index (χ4n) is 2.49. The standard InChI is InChI=1S/C19H19ClFN3O4/c1-11(2)17(19(26)22-10-13-5-3-4-6-15(13)21)23-18(25)12-7-8-14(20)16(9-12)24(27)28/h3-9,11,17H,10H2,1-2H3,(H,22,26)(H,23,25). The zero-order valence-electron chi connectivity index (χ0n) is 15.2. The molecule has 0 aliphatic heterocycles. The molecule has 2 rings (SSSR count). The van der Waals surface area contributed by atoms with E-state index in [1.54, 1.807) is 32.0 Å². The number of hydrogen-bond donors (Lipinski definition) is 2. The minimum Gasteiger partial charge on any atom is -0.350 e. The van der Waals surface area contributed by atoms with Crippen molar-refractivity contribution in [1.29, 1.82) is 0 Å². The van der Waals surface area contributed by atoms with Crippen molar-refractivity contribution in [2.45, 2.75) is 26.4 Å². The number of nitrogens with one attached hydrogen (secondary N) is 2. The monoisotopic (exact) mass is 407 g/mol. The Morgan fingerprint density at radius 1 is 1.21 bits per heavy atom. The summed E-state index contributed by atoms with van der Waals surface area (Å²) >= 11 is 5.75. The van der Waals surface area contributed by atoms with Crippen LogP contribution in [0.25, 0.3) is 0 Å². The van der Waals surface area contributed by atoms with Gasteiger partial charge in [-0.3, -0.25) is 19.7 Å². The van der Waals surface area contributed by atoms with Gasteiger partial charge in [0.1, 0.15) is 16.9 Å². The molecule has 2 aromatic carbocycles. The van der Waals surface area contributed by atoms with Gasteiger partial charge in [0.05, 0.1) is 4.92 Å². The van der Waals surface area contributed by atoms with Gasteiger partial charge in [-0.25, -0.2) is 4.39 Å². The third-order valence-electron chi connectivity index (χ3n) is 4.05. The van der Waals surface area contributed by atoms with Crippen LogP contribution in [0.3, 0.4) is 0 Å².